The molecule has 0 aliphatic carbocycles. The number of hydrogen-bond donors (Lipinski definition) is 1. The molecule has 0 bridgehead atoms. The van der Waals surface area contributed by atoms with Gasteiger partial charge in [-0.05, 0) is 42.3 Å². The fraction of sp³-hybridized carbons (Fsp3) is 0.316. The third-order valence-corrected chi connectivity index (χ3v) is 4.46. The van der Waals surface area contributed by atoms with Gasteiger partial charge in [-0.25, -0.2) is 8.78 Å². The summed E-state index contributed by atoms with van der Waals surface area (Å²) >= 11 is 0. The summed E-state index contributed by atoms with van der Waals surface area (Å²) in [6.07, 6.45) is 0. The van der Waals surface area contributed by atoms with Crippen molar-refractivity contribution in [3.63, 3.8) is 0 Å². The number of piperazine rings is 1. The Kier molecular flexibility index (Phi) is 5.03. The van der Waals surface area contributed by atoms with E-state index in [2.05, 4.69) is 17.1 Å². The molecule has 3 rings (SSSR count). The van der Waals surface area contributed by atoms with Crippen LogP contribution < -0.4 is 5.32 Å². The van der Waals surface area contributed by atoms with Gasteiger partial charge >= 0.3 is 0 Å². The van der Waals surface area contributed by atoms with E-state index in [9.17, 15) is 8.78 Å². The zero-order valence-corrected chi connectivity index (χ0v) is 13.0. The second kappa shape index (κ2) is 7.20. The Morgan fingerprint density at radius 1 is 0.826 bits per heavy atom. The molecule has 1 saturated heterocycles. The zero-order valence-electron chi connectivity index (χ0n) is 13.0. The van der Waals surface area contributed by atoms with Crippen LogP contribution in [0.2, 0.25) is 0 Å². The van der Waals surface area contributed by atoms with Gasteiger partial charge in [0.25, 0.3) is 0 Å². The Bertz CT molecular complexity index is 573. The maximum absolute atomic E-state index is 13.3. The first-order valence-corrected chi connectivity index (χ1v) is 7.94. The lowest BCUT2D eigenvalue weighted by molar-refractivity contribution is 0.187. The van der Waals surface area contributed by atoms with Crippen molar-refractivity contribution in [3.05, 3.63) is 78.2 Å². The summed E-state index contributed by atoms with van der Waals surface area (Å²) in [5, 5.41) is 3.33. The van der Waals surface area contributed by atoms with E-state index in [1.165, 1.54) is 24.3 Å². The number of hydrogen-bond acceptors (Lipinski definition) is 2. The largest absolute Gasteiger partial charge is 0.314 e. The van der Waals surface area contributed by atoms with Gasteiger partial charge in [0.2, 0.25) is 0 Å². The van der Waals surface area contributed by atoms with Gasteiger partial charge in [-0.2, -0.15) is 0 Å². The number of rotatable bonds is 4. The van der Waals surface area contributed by atoms with Gasteiger partial charge < -0.3 is 5.32 Å². The quantitative estimate of drug-likeness (QED) is 0.932. The van der Waals surface area contributed by atoms with E-state index in [-0.39, 0.29) is 23.6 Å². The van der Waals surface area contributed by atoms with E-state index in [0.29, 0.717) is 0 Å². The SMILES string of the molecule is [CH2]C(C(c1ccc(F)cc1)c1ccc(F)cc1)N1CCNCC1. The second-order valence-corrected chi connectivity index (χ2v) is 5.93. The molecule has 1 unspecified atom stereocenters. The van der Waals surface area contributed by atoms with Crippen LogP contribution in [0.4, 0.5) is 8.78 Å². The van der Waals surface area contributed by atoms with Crippen LogP contribution in [0.5, 0.6) is 0 Å². The molecule has 4 heteroatoms. The predicted octanol–water partition coefficient (Wildman–Crippen LogP) is 3.20. The van der Waals surface area contributed by atoms with Crippen molar-refractivity contribution in [2.75, 3.05) is 26.2 Å². The number of nitrogens with zero attached hydrogens (tertiary/aromatic N) is 1. The number of benzene rings is 2. The first kappa shape index (κ1) is 16.1. The lowest BCUT2D eigenvalue weighted by atomic mass is 9.84. The molecule has 1 aliphatic heterocycles. The molecule has 1 fully saturated rings. The molecule has 1 heterocycles. The van der Waals surface area contributed by atoms with E-state index >= 15 is 0 Å². The Morgan fingerprint density at radius 2 is 1.26 bits per heavy atom. The van der Waals surface area contributed by atoms with Crippen molar-refractivity contribution >= 4 is 0 Å². The summed E-state index contributed by atoms with van der Waals surface area (Å²) in [6.45, 7) is 8.09. The monoisotopic (exact) mass is 315 g/mol. The molecule has 2 aromatic carbocycles. The van der Waals surface area contributed by atoms with Gasteiger partial charge in [0, 0.05) is 38.1 Å². The molecule has 1 radical (unpaired) electrons. The summed E-state index contributed by atoms with van der Waals surface area (Å²) in [7, 11) is 0. The molecule has 2 aromatic rings. The highest BCUT2D eigenvalue weighted by Crippen LogP contribution is 2.31. The van der Waals surface area contributed by atoms with Crippen molar-refractivity contribution in [1.29, 1.82) is 0 Å². The minimum Gasteiger partial charge on any atom is -0.314 e. The Labute approximate surface area is 136 Å². The van der Waals surface area contributed by atoms with E-state index < -0.39 is 0 Å². The van der Waals surface area contributed by atoms with Crippen molar-refractivity contribution in [1.82, 2.24) is 10.2 Å². The second-order valence-electron chi connectivity index (χ2n) is 5.93. The van der Waals surface area contributed by atoms with E-state index in [1.807, 2.05) is 0 Å². The van der Waals surface area contributed by atoms with E-state index in [1.54, 1.807) is 24.3 Å². The van der Waals surface area contributed by atoms with Crippen molar-refractivity contribution in [3.8, 4) is 0 Å². The van der Waals surface area contributed by atoms with Crippen molar-refractivity contribution < 1.29 is 8.78 Å². The van der Waals surface area contributed by atoms with Gasteiger partial charge in [-0.3, -0.25) is 4.90 Å². The lowest BCUT2D eigenvalue weighted by Crippen LogP contribution is -2.49. The molecular weight excluding hydrogens is 294 g/mol. The third kappa shape index (κ3) is 3.77. The predicted molar refractivity (Wildman–Crippen MR) is 88.2 cm³/mol. The highest BCUT2D eigenvalue weighted by molar-refractivity contribution is 5.35. The Balaban J connectivity index is 1.94. The molecule has 0 saturated carbocycles. The van der Waals surface area contributed by atoms with Gasteiger partial charge in [0.05, 0.1) is 0 Å². The Hall–Kier alpha value is -1.78. The van der Waals surface area contributed by atoms with Gasteiger partial charge in [0.15, 0.2) is 0 Å². The Morgan fingerprint density at radius 3 is 1.70 bits per heavy atom. The normalized spacial score (nSPS) is 17.4. The topological polar surface area (TPSA) is 15.3 Å². The van der Waals surface area contributed by atoms with Crippen LogP contribution in [-0.4, -0.2) is 37.1 Å². The molecular formula is C19H21F2N2. The molecule has 1 aliphatic rings. The highest BCUT2D eigenvalue weighted by Gasteiger charge is 2.27. The van der Waals surface area contributed by atoms with Crippen molar-refractivity contribution in [2.24, 2.45) is 0 Å². The first-order valence-electron chi connectivity index (χ1n) is 7.94. The van der Waals surface area contributed by atoms with Crippen LogP contribution in [0.3, 0.4) is 0 Å². The van der Waals surface area contributed by atoms with Crippen LogP contribution in [0, 0.1) is 18.6 Å². The minimum atomic E-state index is -0.255. The molecule has 1 N–H and O–H groups in total. The van der Waals surface area contributed by atoms with Gasteiger partial charge in [-0.1, -0.05) is 24.3 Å². The van der Waals surface area contributed by atoms with Crippen LogP contribution in [0.15, 0.2) is 48.5 Å². The molecule has 23 heavy (non-hydrogen) atoms. The lowest BCUT2D eigenvalue weighted by Gasteiger charge is -2.37. The average molecular weight is 315 g/mol. The summed E-state index contributed by atoms with van der Waals surface area (Å²) in [4.78, 5) is 2.33. The van der Waals surface area contributed by atoms with Gasteiger partial charge in [-0.15, -0.1) is 0 Å². The summed E-state index contributed by atoms with van der Waals surface area (Å²) < 4.78 is 26.6. The highest BCUT2D eigenvalue weighted by atomic mass is 19.1. The number of halogens is 2. The molecule has 0 spiro atoms. The third-order valence-electron chi connectivity index (χ3n) is 4.46. The molecule has 1 atom stereocenters. The smallest absolute Gasteiger partial charge is 0.123 e. The molecule has 121 valence electrons. The zero-order chi connectivity index (χ0) is 16.2. The summed E-state index contributed by atoms with van der Waals surface area (Å²) in [6, 6.07) is 13.1. The van der Waals surface area contributed by atoms with Gasteiger partial charge in [0.1, 0.15) is 11.6 Å². The number of nitrogens with one attached hydrogen (secondary N) is 1. The summed E-state index contributed by atoms with van der Waals surface area (Å²) in [5.74, 6) is -0.530. The maximum atomic E-state index is 13.3. The standard InChI is InChI=1S/C19H21F2N2/c1-14(23-12-10-22-11-13-23)19(15-2-6-17(20)7-3-15)16-4-8-18(21)9-5-16/h2-9,14,19,22H,1,10-13H2. The fourth-order valence-corrected chi connectivity index (χ4v) is 3.20. The van der Waals surface area contributed by atoms with Crippen LogP contribution in [-0.2, 0) is 0 Å². The first-order chi connectivity index (χ1) is 11.1. The minimum absolute atomic E-state index is 0.00743. The van der Waals surface area contributed by atoms with Crippen molar-refractivity contribution in [2.45, 2.75) is 12.0 Å². The van der Waals surface area contributed by atoms with E-state index in [4.69, 9.17) is 0 Å². The van der Waals surface area contributed by atoms with E-state index in [0.717, 1.165) is 37.3 Å². The fourth-order valence-electron chi connectivity index (χ4n) is 3.20. The average Bonchev–Trinajstić information content (AvgIpc) is 2.59. The molecule has 2 nitrogen and oxygen atoms in total. The van der Waals surface area contributed by atoms with Crippen LogP contribution in [0.25, 0.3) is 0 Å². The maximum Gasteiger partial charge on any atom is 0.123 e. The van der Waals surface area contributed by atoms with Crippen LogP contribution in [0.1, 0.15) is 17.0 Å². The molecule has 0 aromatic heterocycles. The van der Waals surface area contributed by atoms with Crippen LogP contribution >= 0.6 is 0 Å². The summed E-state index contributed by atoms with van der Waals surface area (Å²) in [5.41, 5.74) is 1.99. The molecule has 0 amide bonds.